The largest absolute Gasteiger partial charge is 0.378 e. The molecule has 3 fully saturated rings. The summed E-state index contributed by atoms with van der Waals surface area (Å²) in [7, 11) is 0. The van der Waals surface area contributed by atoms with E-state index in [1.165, 1.54) is 25.7 Å². The van der Waals surface area contributed by atoms with Gasteiger partial charge in [0.15, 0.2) is 5.11 Å². The summed E-state index contributed by atoms with van der Waals surface area (Å²) < 4.78 is 5.30. The number of hydrogen-bond donors (Lipinski definition) is 1. The van der Waals surface area contributed by atoms with Gasteiger partial charge in [0.25, 0.3) is 0 Å². The molecular weight excluding hydrogens is 312 g/mol. The van der Waals surface area contributed by atoms with E-state index in [1.54, 1.807) is 0 Å². The minimum atomic E-state index is 0.230. The number of hydrogen-bond acceptors (Lipinski definition) is 4. The minimum absolute atomic E-state index is 0.230. The average Bonchev–Trinajstić information content (AvgIpc) is 3.09. The Morgan fingerprint density at radius 2 is 1.65 bits per heavy atom. The number of piperazine rings is 1. The van der Waals surface area contributed by atoms with Gasteiger partial charge in [-0.05, 0) is 25.1 Å². The second-order valence-electron chi connectivity index (χ2n) is 6.69. The van der Waals surface area contributed by atoms with Crippen molar-refractivity contribution in [3.8, 4) is 0 Å². The quantitative estimate of drug-likeness (QED) is 0.745. The van der Waals surface area contributed by atoms with Crippen molar-refractivity contribution in [3.05, 3.63) is 0 Å². The second kappa shape index (κ2) is 8.26. The van der Waals surface area contributed by atoms with Gasteiger partial charge in [0, 0.05) is 45.3 Å². The van der Waals surface area contributed by atoms with Gasteiger partial charge in [-0.25, -0.2) is 0 Å². The van der Waals surface area contributed by atoms with Gasteiger partial charge in [0.2, 0.25) is 5.91 Å². The van der Waals surface area contributed by atoms with E-state index in [0.717, 1.165) is 44.4 Å². The van der Waals surface area contributed by atoms with Crippen molar-refractivity contribution in [1.82, 2.24) is 20.0 Å². The van der Waals surface area contributed by atoms with Gasteiger partial charge in [-0.1, -0.05) is 12.8 Å². The summed E-state index contributed by atoms with van der Waals surface area (Å²) >= 11 is 5.55. The highest BCUT2D eigenvalue weighted by molar-refractivity contribution is 7.80. The molecule has 0 aromatic carbocycles. The third-order valence-corrected chi connectivity index (χ3v) is 5.44. The van der Waals surface area contributed by atoms with E-state index in [9.17, 15) is 4.79 Å². The normalized spacial score (nSPS) is 24.0. The Morgan fingerprint density at radius 1 is 1.00 bits per heavy atom. The fourth-order valence-electron chi connectivity index (χ4n) is 3.55. The fourth-order valence-corrected chi connectivity index (χ4v) is 3.90. The summed E-state index contributed by atoms with van der Waals surface area (Å²) in [5.74, 6) is 0.230. The molecule has 2 heterocycles. The maximum atomic E-state index is 12.3. The van der Waals surface area contributed by atoms with E-state index in [0.29, 0.717) is 25.8 Å². The standard InChI is InChI=1S/C16H28N4O2S/c21-15(19-9-11-22-12-10-19)13-18-5-7-20(8-6-18)16(23)17-14-3-1-2-4-14/h14H,1-13H2,(H,17,23). The number of carbonyl (C=O) groups is 1. The highest BCUT2D eigenvalue weighted by atomic mass is 32.1. The van der Waals surface area contributed by atoms with Crippen molar-refractivity contribution in [2.24, 2.45) is 0 Å². The summed E-state index contributed by atoms with van der Waals surface area (Å²) in [6.45, 7) is 6.95. The fraction of sp³-hybridized carbons (Fsp3) is 0.875. The molecule has 0 aromatic heterocycles. The second-order valence-corrected chi connectivity index (χ2v) is 7.07. The average molecular weight is 340 g/mol. The van der Waals surface area contributed by atoms with E-state index in [1.807, 2.05) is 4.90 Å². The van der Waals surface area contributed by atoms with E-state index in [4.69, 9.17) is 17.0 Å². The van der Waals surface area contributed by atoms with Gasteiger partial charge in [0.05, 0.1) is 19.8 Å². The molecule has 23 heavy (non-hydrogen) atoms. The predicted octanol–water partition coefficient (Wildman–Crippen LogP) is 0.280. The highest BCUT2D eigenvalue weighted by Crippen LogP contribution is 2.18. The summed E-state index contributed by atoms with van der Waals surface area (Å²) in [6, 6.07) is 0.573. The summed E-state index contributed by atoms with van der Waals surface area (Å²) in [4.78, 5) is 18.7. The van der Waals surface area contributed by atoms with Gasteiger partial charge in [0.1, 0.15) is 0 Å². The summed E-state index contributed by atoms with van der Waals surface area (Å²) in [5, 5.41) is 4.40. The van der Waals surface area contributed by atoms with Crippen molar-refractivity contribution in [2.75, 3.05) is 59.0 Å². The summed E-state index contributed by atoms with van der Waals surface area (Å²) in [5.41, 5.74) is 0. The van der Waals surface area contributed by atoms with Crippen LogP contribution in [-0.2, 0) is 9.53 Å². The molecule has 1 saturated carbocycles. The van der Waals surface area contributed by atoms with Crippen LogP contribution in [0.4, 0.5) is 0 Å². The molecule has 1 aliphatic carbocycles. The Hall–Kier alpha value is -0.920. The van der Waals surface area contributed by atoms with Gasteiger partial charge < -0.3 is 19.9 Å². The lowest BCUT2D eigenvalue weighted by Crippen LogP contribution is -2.55. The summed E-state index contributed by atoms with van der Waals surface area (Å²) in [6.07, 6.45) is 5.12. The molecule has 2 aliphatic heterocycles. The third-order valence-electron chi connectivity index (χ3n) is 5.06. The van der Waals surface area contributed by atoms with E-state index in [2.05, 4.69) is 15.1 Å². The lowest BCUT2D eigenvalue weighted by molar-refractivity contribution is -0.136. The predicted molar refractivity (Wildman–Crippen MR) is 93.4 cm³/mol. The van der Waals surface area contributed by atoms with Crippen molar-refractivity contribution in [2.45, 2.75) is 31.7 Å². The number of rotatable bonds is 3. The Morgan fingerprint density at radius 3 is 2.30 bits per heavy atom. The van der Waals surface area contributed by atoms with Crippen molar-refractivity contribution in [1.29, 1.82) is 0 Å². The van der Waals surface area contributed by atoms with Gasteiger partial charge in [-0.2, -0.15) is 0 Å². The molecule has 0 atom stereocenters. The van der Waals surface area contributed by atoms with Crippen LogP contribution in [0, 0.1) is 0 Å². The van der Waals surface area contributed by atoms with E-state index in [-0.39, 0.29) is 5.91 Å². The third kappa shape index (κ3) is 4.78. The zero-order valence-corrected chi connectivity index (χ0v) is 14.7. The maximum Gasteiger partial charge on any atom is 0.236 e. The lowest BCUT2D eigenvalue weighted by atomic mass is 10.2. The number of nitrogens with one attached hydrogen (secondary N) is 1. The molecule has 0 aromatic rings. The van der Waals surface area contributed by atoms with Crippen LogP contribution in [0.25, 0.3) is 0 Å². The zero-order chi connectivity index (χ0) is 16.1. The number of ether oxygens (including phenoxy) is 1. The van der Waals surface area contributed by atoms with Crippen LogP contribution >= 0.6 is 12.2 Å². The van der Waals surface area contributed by atoms with E-state index < -0.39 is 0 Å². The number of amides is 1. The van der Waals surface area contributed by atoms with Crippen LogP contribution < -0.4 is 5.32 Å². The number of carbonyl (C=O) groups excluding carboxylic acids is 1. The first-order chi connectivity index (χ1) is 11.2. The van der Waals surface area contributed by atoms with Crippen molar-refractivity contribution < 1.29 is 9.53 Å². The first-order valence-corrected chi connectivity index (χ1v) is 9.26. The molecule has 0 radical (unpaired) electrons. The number of morpholine rings is 1. The lowest BCUT2D eigenvalue weighted by Gasteiger charge is -2.37. The number of thiocarbonyl (C=S) groups is 1. The smallest absolute Gasteiger partial charge is 0.236 e. The molecule has 3 rings (SSSR count). The van der Waals surface area contributed by atoms with Gasteiger partial charge in [-0.15, -0.1) is 0 Å². The first kappa shape index (κ1) is 16.9. The molecule has 2 saturated heterocycles. The molecule has 0 unspecified atom stereocenters. The van der Waals surface area contributed by atoms with Crippen molar-refractivity contribution >= 4 is 23.2 Å². The SMILES string of the molecule is O=C(CN1CCN(C(=S)NC2CCCC2)CC1)N1CCOCC1. The van der Waals surface area contributed by atoms with Crippen LogP contribution in [0.5, 0.6) is 0 Å². The topological polar surface area (TPSA) is 48.1 Å². The number of nitrogens with zero attached hydrogens (tertiary/aromatic N) is 3. The van der Waals surface area contributed by atoms with Gasteiger partial charge >= 0.3 is 0 Å². The zero-order valence-electron chi connectivity index (χ0n) is 13.8. The molecule has 7 heteroatoms. The molecule has 1 N–H and O–H groups in total. The van der Waals surface area contributed by atoms with Crippen LogP contribution in [0.15, 0.2) is 0 Å². The molecular formula is C16H28N4O2S. The molecule has 130 valence electrons. The van der Waals surface area contributed by atoms with Crippen LogP contribution in [0.2, 0.25) is 0 Å². The highest BCUT2D eigenvalue weighted by Gasteiger charge is 2.25. The van der Waals surface area contributed by atoms with E-state index >= 15 is 0 Å². The van der Waals surface area contributed by atoms with Crippen molar-refractivity contribution in [3.63, 3.8) is 0 Å². The molecule has 3 aliphatic rings. The van der Waals surface area contributed by atoms with Crippen LogP contribution in [0.1, 0.15) is 25.7 Å². The first-order valence-electron chi connectivity index (χ1n) is 8.86. The Kier molecular flexibility index (Phi) is 6.08. The molecule has 6 nitrogen and oxygen atoms in total. The molecule has 0 bridgehead atoms. The van der Waals surface area contributed by atoms with Crippen LogP contribution in [0.3, 0.4) is 0 Å². The Bertz CT molecular complexity index is 414. The minimum Gasteiger partial charge on any atom is -0.378 e. The van der Waals surface area contributed by atoms with Crippen LogP contribution in [-0.4, -0.2) is 90.8 Å². The Balaban J connectivity index is 1.37. The maximum absolute atomic E-state index is 12.3. The molecule has 1 amide bonds. The Labute approximate surface area is 144 Å². The monoisotopic (exact) mass is 340 g/mol. The van der Waals surface area contributed by atoms with Gasteiger partial charge in [-0.3, -0.25) is 9.69 Å². The molecule has 0 spiro atoms.